The van der Waals surface area contributed by atoms with Gasteiger partial charge >= 0.3 is 0 Å². The molecule has 5 nitrogen and oxygen atoms in total. The molecule has 0 saturated heterocycles. The van der Waals surface area contributed by atoms with E-state index in [0.29, 0.717) is 12.5 Å². The van der Waals surface area contributed by atoms with Crippen molar-refractivity contribution in [2.75, 3.05) is 32.7 Å². The van der Waals surface area contributed by atoms with Crippen LogP contribution in [0.1, 0.15) is 11.3 Å². The first-order valence-corrected chi connectivity index (χ1v) is 7.36. The molecular formula is C14H19N3O2S. The van der Waals surface area contributed by atoms with Gasteiger partial charge in [-0.05, 0) is 12.0 Å². The van der Waals surface area contributed by atoms with Gasteiger partial charge in [0.25, 0.3) is 0 Å². The molecule has 0 radical (unpaired) electrons. The summed E-state index contributed by atoms with van der Waals surface area (Å²) in [6.45, 7) is 1.55. The number of hydrogen-bond donors (Lipinski definition) is 1. The van der Waals surface area contributed by atoms with Crippen LogP contribution in [0.3, 0.4) is 0 Å². The average Bonchev–Trinajstić information content (AvgIpc) is 2.94. The fourth-order valence-electron chi connectivity index (χ4n) is 1.70. The molecule has 6 heteroatoms. The Bertz CT molecular complexity index is 513. The highest BCUT2D eigenvalue weighted by molar-refractivity contribution is 7.13. The van der Waals surface area contributed by atoms with E-state index < -0.39 is 0 Å². The Balaban J connectivity index is 1.75. The van der Waals surface area contributed by atoms with Crippen LogP contribution in [-0.2, 0) is 17.6 Å². The Hall–Kier alpha value is -1.66. The number of anilines is 1. The summed E-state index contributed by atoms with van der Waals surface area (Å²) in [5, 5.41) is 6.35. The smallest absolute Gasteiger partial charge is 0.212 e. The minimum Gasteiger partial charge on any atom is -0.481 e. The van der Waals surface area contributed by atoms with E-state index in [4.69, 9.17) is 9.47 Å². The summed E-state index contributed by atoms with van der Waals surface area (Å²) in [7, 11) is 3.32. The highest BCUT2D eigenvalue weighted by Gasteiger charge is 2.02. The van der Waals surface area contributed by atoms with Gasteiger partial charge in [0.2, 0.25) is 5.88 Å². The average molecular weight is 293 g/mol. The summed E-state index contributed by atoms with van der Waals surface area (Å²) in [5.74, 6) is 0.643. The van der Waals surface area contributed by atoms with E-state index >= 15 is 0 Å². The van der Waals surface area contributed by atoms with Gasteiger partial charge in [-0.2, -0.15) is 0 Å². The Labute approximate surface area is 123 Å². The lowest BCUT2D eigenvalue weighted by atomic mass is 10.2. The summed E-state index contributed by atoms with van der Waals surface area (Å²) in [6, 6.07) is 3.90. The van der Waals surface area contributed by atoms with Crippen LogP contribution < -0.4 is 10.1 Å². The van der Waals surface area contributed by atoms with Gasteiger partial charge in [-0.3, -0.25) is 0 Å². The number of nitrogens with zero attached hydrogens (tertiary/aromatic N) is 2. The van der Waals surface area contributed by atoms with Crippen LogP contribution >= 0.6 is 11.3 Å². The number of nitrogens with one attached hydrogen (secondary N) is 1. The fourth-order valence-corrected chi connectivity index (χ4v) is 2.48. The van der Waals surface area contributed by atoms with Crippen LogP contribution in [0, 0.1) is 0 Å². The molecule has 1 N–H and O–H groups in total. The molecule has 0 atom stereocenters. The predicted molar refractivity (Wildman–Crippen MR) is 80.7 cm³/mol. The summed E-state index contributed by atoms with van der Waals surface area (Å²) in [5.41, 5.74) is 2.25. The van der Waals surface area contributed by atoms with Crippen LogP contribution in [0.25, 0.3) is 0 Å². The third-order valence-electron chi connectivity index (χ3n) is 2.81. The lowest BCUT2D eigenvalue weighted by molar-refractivity contribution is 0.201. The van der Waals surface area contributed by atoms with Crippen molar-refractivity contribution in [3.05, 3.63) is 35.0 Å². The largest absolute Gasteiger partial charge is 0.481 e. The van der Waals surface area contributed by atoms with Crippen molar-refractivity contribution in [3.8, 4) is 5.88 Å². The molecule has 2 aromatic rings. The molecule has 20 heavy (non-hydrogen) atoms. The van der Waals surface area contributed by atoms with E-state index in [0.717, 1.165) is 30.2 Å². The zero-order valence-corrected chi connectivity index (χ0v) is 12.6. The lowest BCUT2D eigenvalue weighted by Gasteiger charge is -2.04. The lowest BCUT2D eigenvalue weighted by Crippen LogP contribution is -2.05. The van der Waals surface area contributed by atoms with Crippen molar-refractivity contribution in [1.29, 1.82) is 0 Å². The molecule has 0 aliphatic rings. The molecular weight excluding hydrogens is 274 g/mol. The van der Waals surface area contributed by atoms with Crippen molar-refractivity contribution in [1.82, 2.24) is 9.97 Å². The molecule has 2 rings (SSSR count). The van der Waals surface area contributed by atoms with Gasteiger partial charge in [0.15, 0.2) is 5.13 Å². The normalized spacial score (nSPS) is 10.5. The zero-order valence-electron chi connectivity index (χ0n) is 11.8. The number of aromatic nitrogens is 2. The minimum atomic E-state index is 0.643. The number of hydrogen-bond acceptors (Lipinski definition) is 6. The predicted octanol–water partition coefficient (Wildman–Crippen LogP) is 2.39. The second kappa shape index (κ2) is 7.81. The molecule has 0 fully saturated rings. The monoisotopic (exact) mass is 293 g/mol. The number of rotatable bonds is 8. The maximum atomic E-state index is 5.04. The maximum absolute atomic E-state index is 5.04. The molecule has 0 unspecified atom stereocenters. The van der Waals surface area contributed by atoms with E-state index in [9.17, 15) is 0 Å². The molecule has 0 aliphatic heterocycles. The second-order valence-electron chi connectivity index (χ2n) is 4.27. The summed E-state index contributed by atoms with van der Waals surface area (Å²) in [4.78, 5) is 8.68. The van der Waals surface area contributed by atoms with Gasteiger partial charge in [0.05, 0.1) is 19.4 Å². The Morgan fingerprint density at radius 2 is 2.15 bits per heavy atom. The van der Waals surface area contributed by atoms with Crippen LogP contribution in [0.2, 0.25) is 0 Å². The molecule has 0 bridgehead atoms. The van der Waals surface area contributed by atoms with Gasteiger partial charge in [0.1, 0.15) is 0 Å². The van der Waals surface area contributed by atoms with E-state index in [2.05, 4.69) is 20.7 Å². The van der Waals surface area contributed by atoms with E-state index in [-0.39, 0.29) is 0 Å². The molecule has 0 saturated carbocycles. The first-order chi connectivity index (χ1) is 9.81. The van der Waals surface area contributed by atoms with Crippen molar-refractivity contribution < 1.29 is 9.47 Å². The van der Waals surface area contributed by atoms with Gasteiger partial charge < -0.3 is 14.8 Å². The van der Waals surface area contributed by atoms with Gasteiger partial charge in [0, 0.05) is 37.7 Å². The van der Waals surface area contributed by atoms with Crippen LogP contribution in [-0.4, -0.2) is 37.3 Å². The van der Waals surface area contributed by atoms with Crippen molar-refractivity contribution >= 4 is 16.5 Å². The Kier molecular flexibility index (Phi) is 5.76. The third kappa shape index (κ3) is 4.47. The zero-order chi connectivity index (χ0) is 14.2. The summed E-state index contributed by atoms with van der Waals surface area (Å²) < 4.78 is 10.1. The fraction of sp³-hybridized carbons (Fsp3) is 0.429. The van der Waals surface area contributed by atoms with Crippen LogP contribution in [0.15, 0.2) is 23.7 Å². The van der Waals surface area contributed by atoms with E-state index in [1.54, 1.807) is 25.6 Å². The molecule has 2 heterocycles. The van der Waals surface area contributed by atoms with Crippen LogP contribution in [0.4, 0.5) is 5.13 Å². The molecule has 0 spiro atoms. The van der Waals surface area contributed by atoms with E-state index in [1.807, 2.05) is 18.3 Å². The third-order valence-corrected chi connectivity index (χ3v) is 3.66. The first-order valence-electron chi connectivity index (χ1n) is 6.48. The number of pyridine rings is 1. The van der Waals surface area contributed by atoms with E-state index in [1.165, 1.54) is 5.56 Å². The highest BCUT2D eigenvalue weighted by Crippen LogP contribution is 2.16. The summed E-state index contributed by atoms with van der Waals surface area (Å²) >= 11 is 1.63. The number of thiazole rings is 1. The number of methoxy groups -OCH3 is 2. The van der Waals surface area contributed by atoms with Crippen molar-refractivity contribution in [3.63, 3.8) is 0 Å². The number of ether oxygens (including phenoxy) is 2. The quantitative estimate of drug-likeness (QED) is 0.810. The second-order valence-corrected chi connectivity index (χ2v) is 5.13. The molecule has 0 aromatic carbocycles. The van der Waals surface area contributed by atoms with Crippen molar-refractivity contribution in [2.24, 2.45) is 0 Å². The maximum Gasteiger partial charge on any atom is 0.212 e. The Morgan fingerprint density at radius 3 is 2.85 bits per heavy atom. The minimum absolute atomic E-state index is 0.643. The van der Waals surface area contributed by atoms with Gasteiger partial charge in [-0.1, -0.05) is 6.07 Å². The topological polar surface area (TPSA) is 56.3 Å². The summed E-state index contributed by atoms with van der Waals surface area (Å²) in [6.07, 6.45) is 3.60. The van der Waals surface area contributed by atoms with Crippen molar-refractivity contribution in [2.45, 2.75) is 12.8 Å². The standard InChI is InChI=1S/C14H19N3O2S/c1-18-8-6-12-10-20-14(17-12)15-7-5-11-3-4-13(19-2)16-9-11/h3-4,9-10H,5-8H2,1-2H3,(H,15,17). The highest BCUT2D eigenvalue weighted by atomic mass is 32.1. The van der Waals surface area contributed by atoms with Crippen LogP contribution in [0.5, 0.6) is 5.88 Å². The SMILES string of the molecule is COCCc1csc(NCCc2ccc(OC)nc2)n1. The molecule has 0 amide bonds. The molecule has 108 valence electrons. The Morgan fingerprint density at radius 1 is 1.25 bits per heavy atom. The van der Waals surface area contributed by atoms with Gasteiger partial charge in [-0.15, -0.1) is 11.3 Å². The molecule has 0 aliphatic carbocycles. The molecule has 2 aromatic heterocycles. The van der Waals surface area contributed by atoms with Gasteiger partial charge in [-0.25, -0.2) is 9.97 Å². The first kappa shape index (κ1) is 14.7.